The molecule has 122 valence electrons. The Labute approximate surface area is 131 Å². The van der Waals surface area contributed by atoms with Gasteiger partial charge >= 0.3 is 0 Å². The van der Waals surface area contributed by atoms with Crippen LogP contribution in [0.5, 0.6) is 0 Å². The van der Waals surface area contributed by atoms with Crippen molar-refractivity contribution in [1.82, 2.24) is 24.1 Å². The molecule has 3 aliphatic heterocycles. The molecule has 0 spiro atoms. The lowest BCUT2D eigenvalue weighted by Crippen LogP contribution is -2.49. The minimum Gasteiger partial charge on any atom is -0.318 e. The molecule has 0 aromatic carbocycles. The largest absolute Gasteiger partial charge is 0.318 e. The van der Waals surface area contributed by atoms with Gasteiger partial charge in [-0.05, 0) is 12.8 Å². The van der Waals surface area contributed by atoms with E-state index >= 15 is 0 Å². The third-order valence-electron chi connectivity index (χ3n) is 5.08. The van der Waals surface area contributed by atoms with Crippen molar-refractivity contribution in [1.29, 1.82) is 0 Å². The zero-order valence-corrected chi connectivity index (χ0v) is 13.6. The lowest BCUT2D eigenvalue weighted by molar-refractivity contribution is 0.179. The van der Waals surface area contributed by atoms with Crippen LogP contribution >= 0.6 is 0 Å². The number of aryl methyl sites for hydroxylation is 1. The SMILES string of the molecule is O=S(=O)(c1cnc2n1CCC2)N1CCC(N2CCNCC2)C1. The zero-order chi connectivity index (χ0) is 15.2. The molecule has 0 bridgehead atoms. The summed E-state index contributed by atoms with van der Waals surface area (Å²) in [6, 6.07) is 0.359. The van der Waals surface area contributed by atoms with Crippen LogP contribution in [0.15, 0.2) is 11.2 Å². The van der Waals surface area contributed by atoms with Crippen LogP contribution in [0.3, 0.4) is 0 Å². The fourth-order valence-corrected chi connectivity index (χ4v) is 5.48. The molecule has 3 aliphatic rings. The lowest BCUT2D eigenvalue weighted by atomic mass is 10.2. The van der Waals surface area contributed by atoms with Gasteiger partial charge in [-0.1, -0.05) is 0 Å². The van der Waals surface area contributed by atoms with Crippen LogP contribution in [-0.2, 0) is 23.0 Å². The Morgan fingerprint density at radius 1 is 1.18 bits per heavy atom. The van der Waals surface area contributed by atoms with Gasteiger partial charge in [0.05, 0.1) is 6.20 Å². The van der Waals surface area contributed by atoms with E-state index in [-0.39, 0.29) is 0 Å². The van der Waals surface area contributed by atoms with Gasteiger partial charge in [-0.2, -0.15) is 4.31 Å². The Kier molecular flexibility index (Phi) is 3.72. The molecule has 4 rings (SSSR count). The molecule has 7 nitrogen and oxygen atoms in total. The molecule has 0 aliphatic carbocycles. The maximum atomic E-state index is 12.9. The van der Waals surface area contributed by atoms with Crippen molar-refractivity contribution in [3.8, 4) is 0 Å². The summed E-state index contributed by atoms with van der Waals surface area (Å²) in [7, 11) is -3.40. The van der Waals surface area contributed by atoms with Crippen molar-refractivity contribution in [2.24, 2.45) is 0 Å². The monoisotopic (exact) mass is 325 g/mol. The van der Waals surface area contributed by atoms with Gasteiger partial charge in [-0.3, -0.25) is 4.90 Å². The van der Waals surface area contributed by atoms with Crippen molar-refractivity contribution >= 4 is 10.0 Å². The van der Waals surface area contributed by atoms with E-state index in [9.17, 15) is 8.42 Å². The molecule has 0 amide bonds. The highest BCUT2D eigenvalue weighted by Gasteiger charge is 2.37. The fourth-order valence-electron chi connectivity index (χ4n) is 3.84. The van der Waals surface area contributed by atoms with Crippen LogP contribution in [0.25, 0.3) is 0 Å². The molecule has 22 heavy (non-hydrogen) atoms. The molecule has 1 aromatic heterocycles. The topological polar surface area (TPSA) is 70.5 Å². The lowest BCUT2D eigenvalue weighted by Gasteiger charge is -2.32. The Morgan fingerprint density at radius 3 is 2.82 bits per heavy atom. The fraction of sp³-hybridized carbons (Fsp3) is 0.786. The first-order chi connectivity index (χ1) is 10.7. The number of sulfonamides is 1. The number of hydrogen-bond acceptors (Lipinski definition) is 5. The summed E-state index contributed by atoms with van der Waals surface area (Å²) in [5.74, 6) is 0.913. The zero-order valence-electron chi connectivity index (χ0n) is 12.7. The van der Waals surface area contributed by atoms with Gasteiger partial charge in [0, 0.05) is 58.3 Å². The molecule has 0 radical (unpaired) electrons. The average molecular weight is 325 g/mol. The summed E-state index contributed by atoms with van der Waals surface area (Å²) in [6.07, 6.45) is 4.36. The Balaban J connectivity index is 1.52. The van der Waals surface area contributed by atoms with Crippen molar-refractivity contribution < 1.29 is 8.42 Å². The highest BCUT2D eigenvalue weighted by atomic mass is 32.2. The van der Waals surface area contributed by atoms with Gasteiger partial charge in [0.1, 0.15) is 5.82 Å². The smallest absolute Gasteiger partial charge is 0.260 e. The maximum absolute atomic E-state index is 12.9. The molecule has 4 heterocycles. The molecule has 2 saturated heterocycles. The van der Waals surface area contributed by atoms with E-state index < -0.39 is 10.0 Å². The minimum atomic E-state index is -3.40. The van der Waals surface area contributed by atoms with Crippen molar-refractivity contribution in [3.63, 3.8) is 0 Å². The van der Waals surface area contributed by atoms with E-state index in [1.807, 2.05) is 4.57 Å². The van der Waals surface area contributed by atoms with E-state index in [0.29, 0.717) is 24.2 Å². The van der Waals surface area contributed by atoms with Gasteiger partial charge < -0.3 is 9.88 Å². The van der Waals surface area contributed by atoms with E-state index in [1.54, 1.807) is 10.5 Å². The Bertz CT molecular complexity index is 650. The number of hydrogen-bond donors (Lipinski definition) is 1. The second kappa shape index (κ2) is 5.59. The third kappa shape index (κ3) is 2.38. The summed E-state index contributed by atoms with van der Waals surface area (Å²) in [6.45, 7) is 6.04. The number of nitrogens with one attached hydrogen (secondary N) is 1. The first-order valence-corrected chi connectivity index (χ1v) is 9.59. The Hall–Kier alpha value is -0.960. The number of rotatable bonds is 3. The number of piperazine rings is 1. The average Bonchev–Trinajstić information content (AvgIpc) is 3.24. The minimum absolute atomic E-state index is 0.359. The van der Waals surface area contributed by atoms with Gasteiger partial charge in [0.15, 0.2) is 5.03 Å². The van der Waals surface area contributed by atoms with Gasteiger partial charge in [-0.25, -0.2) is 13.4 Å². The van der Waals surface area contributed by atoms with Crippen molar-refractivity contribution in [2.45, 2.75) is 36.9 Å². The van der Waals surface area contributed by atoms with Crippen LogP contribution < -0.4 is 5.32 Å². The predicted octanol–water partition coefficient (Wildman–Crippen LogP) is -0.502. The summed E-state index contributed by atoms with van der Waals surface area (Å²) in [5.41, 5.74) is 0. The first kappa shape index (κ1) is 14.6. The first-order valence-electron chi connectivity index (χ1n) is 8.15. The summed E-state index contributed by atoms with van der Waals surface area (Å²) >= 11 is 0. The second-order valence-electron chi connectivity index (χ2n) is 6.36. The van der Waals surface area contributed by atoms with Crippen LogP contribution in [0.1, 0.15) is 18.7 Å². The predicted molar refractivity (Wildman–Crippen MR) is 82.2 cm³/mol. The van der Waals surface area contributed by atoms with Gasteiger partial charge in [0.25, 0.3) is 10.0 Å². The number of nitrogens with zero attached hydrogens (tertiary/aromatic N) is 4. The van der Waals surface area contributed by atoms with Crippen molar-refractivity contribution in [3.05, 3.63) is 12.0 Å². The number of fused-ring (bicyclic) bond motifs is 1. The quantitative estimate of drug-likeness (QED) is 0.811. The second-order valence-corrected chi connectivity index (χ2v) is 8.24. The molecule has 1 atom stereocenters. The summed E-state index contributed by atoms with van der Waals surface area (Å²) in [4.78, 5) is 6.71. The molecule has 2 fully saturated rings. The molecule has 1 aromatic rings. The van der Waals surface area contributed by atoms with E-state index in [1.165, 1.54) is 0 Å². The molecule has 1 N–H and O–H groups in total. The highest BCUT2D eigenvalue weighted by Crippen LogP contribution is 2.27. The third-order valence-corrected chi connectivity index (χ3v) is 6.95. The molecular formula is C14H23N5O2S. The van der Waals surface area contributed by atoms with Crippen LogP contribution in [-0.4, -0.2) is 72.5 Å². The van der Waals surface area contributed by atoms with E-state index in [2.05, 4.69) is 15.2 Å². The molecule has 1 unspecified atom stereocenters. The highest BCUT2D eigenvalue weighted by molar-refractivity contribution is 7.89. The molecule has 8 heteroatoms. The number of imidazole rings is 1. The number of aromatic nitrogens is 2. The van der Waals surface area contributed by atoms with Crippen LogP contribution in [0.4, 0.5) is 0 Å². The molecular weight excluding hydrogens is 302 g/mol. The van der Waals surface area contributed by atoms with E-state index in [4.69, 9.17) is 0 Å². The van der Waals surface area contributed by atoms with Crippen LogP contribution in [0.2, 0.25) is 0 Å². The molecule has 0 saturated carbocycles. The summed E-state index contributed by atoms with van der Waals surface area (Å²) in [5, 5.41) is 3.73. The summed E-state index contributed by atoms with van der Waals surface area (Å²) < 4.78 is 29.4. The standard InChI is InChI=1S/C14H23N5O2S/c20-22(21,14-10-16-13-2-1-6-19(13)14)18-7-3-12(11-18)17-8-4-15-5-9-17/h10,12,15H,1-9,11H2. The maximum Gasteiger partial charge on any atom is 0.260 e. The Morgan fingerprint density at radius 2 is 2.00 bits per heavy atom. The normalized spacial score (nSPS) is 27.4. The van der Waals surface area contributed by atoms with Gasteiger partial charge in [-0.15, -0.1) is 0 Å². The van der Waals surface area contributed by atoms with E-state index in [0.717, 1.165) is 57.8 Å². The van der Waals surface area contributed by atoms with Crippen molar-refractivity contribution in [2.75, 3.05) is 39.3 Å². The van der Waals surface area contributed by atoms with Gasteiger partial charge in [0.2, 0.25) is 0 Å². The van der Waals surface area contributed by atoms with Crippen LogP contribution in [0, 0.1) is 0 Å².